The summed E-state index contributed by atoms with van der Waals surface area (Å²) in [4.78, 5) is 13.0. The van der Waals surface area contributed by atoms with E-state index in [0.29, 0.717) is 25.3 Å². The fourth-order valence-electron chi connectivity index (χ4n) is 3.72. The van der Waals surface area contributed by atoms with E-state index in [1.54, 1.807) is 42.5 Å². The lowest BCUT2D eigenvalue weighted by Crippen LogP contribution is -2.41. The Balaban J connectivity index is 1.72. The molecule has 0 radical (unpaired) electrons. The Morgan fingerprint density at radius 1 is 0.941 bits per heavy atom. The first-order valence-corrected chi connectivity index (χ1v) is 12.9. The third kappa shape index (κ3) is 6.17. The number of carbonyl (C=O) groups is 1. The van der Waals surface area contributed by atoms with Crippen LogP contribution in [0, 0.1) is 13.8 Å². The van der Waals surface area contributed by atoms with Crippen molar-refractivity contribution in [2.45, 2.75) is 38.5 Å². The number of nitrogens with zero attached hydrogens (tertiary/aromatic N) is 1. The second kappa shape index (κ2) is 11.7. The number of ether oxygens (including phenoxy) is 1. The first-order valence-electron chi connectivity index (χ1n) is 11.5. The number of hydrogen-bond donors (Lipinski definition) is 1. The number of nitrogens with one attached hydrogen (secondary N) is 1. The summed E-state index contributed by atoms with van der Waals surface area (Å²) in [5.74, 6) is 0.505. The molecule has 0 spiro atoms. The average Bonchev–Trinajstić information content (AvgIpc) is 2.84. The molecule has 3 rings (SSSR count). The topological polar surface area (TPSA) is 75.7 Å². The molecule has 6 nitrogen and oxygen atoms in total. The summed E-state index contributed by atoms with van der Waals surface area (Å²) in [5.41, 5.74) is 3.37. The predicted octanol–water partition coefficient (Wildman–Crippen LogP) is 4.65. The number of carbonyl (C=O) groups excluding carboxylic acids is 1. The maximum absolute atomic E-state index is 13.5. The average molecular weight is 481 g/mol. The van der Waals surface area contributed by atoms with Crippen molar-refractivity contribution >= 4 is 21.6 Å². The van der Waals surface area contributed by atoms with Gasteiger partial charge in [0.15, 0.2) is 0 Å². The van der Waals surface area contributed by atoms with Crippen LogP contribution in [0.3, 0.4) is 0 Å². The van der Waals surface area contributed by atoms with Gasteiger partial charge in [-0.15, -0.1) is 0 Å². The molecule has 3 aromatic rings. The molecular weight excluding hydrogens is 448 g/mol. The highest BCUT2D eigenvalue weighted by Crippen LogP contribution is 2.28. The molecule has 0 aliphatic heterocycles. The molecule has 0 aliphatic carbocycles. The lowest BCUT2D eigenvalue weighted by Gasteiger charge is -2.26. The Morgan fingerprint density at radius 3 is 2.38 bits per heavy atom. The molecule has 0 fully saturated rings. The standard InChI is InChI=1S/C27H32N2O4S/c1-4-33-26-18-9-8-13-23(26)14-11-19-28-27(30)20-29(25-17-10-12-21(2)22(25)3)34(31,32)24-15-6-5-7-16-24/h5-10,12-13,15-18H,4,11,14,19-20H2,1-3H3,(H,28,30). The van der Waals surface area contributed by atoms with Crippen molar-refractivity contribution in [3.05, 3.63) is 89.5 Å². The number of para-hydroxylation sites is 1. The number of anilines is 1. The zero-order valence-corrected chi connectivity index (χ0v) is 20.8. The Hall–Kier alpha value is -3.32. The molecule has 1 N–H and O–H groups in total. The quantitative estimate of drug-likeness (QED) is 0.406. The van der Waals surface area contributed by atoms with E-state index in [1.807, 2.05) is 51.1 Å². The second-order valence-corrected chi connectivity index (χ2v) is 9.90. The van der Waals surface area contributed by atoms with Gasteiger partial charge in [0.05, 0.1) is 17.2 Å². The Morgan fingerprint density at radius 2 is 1.65 bits per heavy atom. The van der Waals surface area contributed by atoms with Gasteiger partial charge in [-0.25, -0.2) is 8.42 Å². The minimum Gasteiger partial charge on any atom is -0.494 e. The molecule has 3 aromatic carbocycles. The fourth-order valence-corrected chi connectivity index (χ4v) is 5.22. The molecule has 0 saturated heterocycles. The SMILES string of the molecule is CCOc1ccccc1CCCNC(=O)CN(c1cccc(C)c1C)S(=O)(=O)c1ccccc1. The smallest absolute Gasteiger partial charge is 0.264 e. The van der Waals surface area contributed by atoms with Crippen molar-refractivity contribution < 1.29 is 17.9 Å². The molecule has 0 saturated carbocycles. The van der Waals surface area contributed by atoms with Gasteiger partial charge in [0.2, 0.25) is 5.91 Å². The van der Waals surface area contributed by atoms with Gasteiger partial charge < -0.3 is 10.1 Å². The van der Waals surface area contributed by atoms with Crippen molar-refractivity contribution in [3.8, 4) is 5.75 Å². The van der Waals surface area contributed by atoms with Gasteiger partial charge in [-0.3, -0.25) is 9.10 Å². The van der Waals surface area contributed by atoms with Crippen LogP contribution in [0.1, 0.15) is 30.0 Å². The van der Waals surface area contributed by atoms with Gasteiger partial charge >= 0.3 is 0 Å². The molecule has 180 valence electrons. The molecule has 0 aromatic heterocycles. The van der Waals surface area contributed by atoms with E-state index < -0.39 is 10.0 Å². The molecule has 0 bridgehead atoms. The molecule has 34 heavy (non-hydrogen) atoms. The minimum atomic E-state index is -3.92. The number of benzene rings is 3. The van der Waals surface area contributed by atoms with Crippen LogP contribution in [-0.4, -0.2) is 34.0 Å². The molecule has 7 heteroatoms. The highest BCUT2D eigenvalue weighted by atomic mass is 32.2. The van der Waals surface area contributed by atoms with Gasteiger partial charge in [-0.05, 0) is 74.6 Å². The number of rotatable bonds is 11. The number of amides is 1. The maximum atomic E-state index is 13.5. The van der Waals surface area contributed by atoms with E-state index in [9.17, 15) is 13.2 Å². The van der Waals surface area contributed by atoms with E-state index in [0.717, 1.165) is 28.9 Å². The van der Waals surface area contributed by atoms with Crippen LogP contribution in [0.5, 0.6) is 5.75 Å². The van der Waals surface area contributed by atoms with E-state index in [4.69, 9.17) is 4.74 Å². The van der Waals surface area contributed by atoms with E-state index >= 15 is 0 Å². The van der Waals surface area contributed by atoms with Gasteiger partial charge in [-0.1, -0.05) is 48.5 Å². The predicted molar refractivity (Wildman–Crippen MR) is 136 cm³/mol. The molecular formula is C27H32N2O4S. The minimum absolute atomic E-state index is 0.149. The summed E-state index contributed by atoms with van der Waals surface area (Å²) in [6.07, 6.45) is 1.46. The summed E-state index contributed by atoms with van der Waals surface area (Å²) in [5, 5.41) is 2.88. The van der Waals surface area contributed by atoms with Gasteiger partial charge in [0, 0.05) is 6.54 Å². The van der Waals surface area contributed by atoms with Crippen molar-refractivity contribution in [2.75, 3.05) is 24.0 Å². The van der Waals surface area contributed by atoms with Crippen LogP contribution in [0.4, 0.5) is 5.69 Å². The summed E-state index contributed by atoms with van der Waals surface area (Å²) >= 11 is 0. The monoisotopic (exact) mass is 480 g/mol. The van der Waals surface area contributed by atoms with Gasteiger partial charge in [0.1, 0.15) is 12.3 Å². The van der Waals surface area contributed by atoms with Crippen LogP contribution in [0.15, 0.2) is 77.7 Å². The van der Waals surface area contributed by atoms with Crippen LogP contribution in [0.2, 0.25) is 0 Å². The van der Waals surface area contributed by atoms with Crippen molar-refractivity contribution in [1.82, 2.24) is 5.32 Å². The van der Waals surface area contributed by atoms with E-state index in [-0.39, 0.29) is 17.3 Å². The Labute approximate surface area is 202 Å². The first kappa shape index (κ1) is 25.3. The van der Waals surface area contributed by atoms with Crippen molar-refractivity contribution in [3.63, 3.8) is 0 Å². The largest absolute Gasteiger partial charge is 0.494 e. The number of hydrogen-bond acceptors (Lipinski definition) is 4. The Bertz CT molecular complexity index is 1210. The van der Waals surface area contributed by atoms with Crippen LogP contribution < -0.4 is 14.4 Å². The zero-order chi connectivity index (χ0) is 24.6. The van der Waals surface area contributed by atoms with Crippen molar-refractivity contribution in [1.29, 1.82) is 0 Å². The van der Waals surface area contributed by atoms with Crippen LogP contribution >= 0.6 is 0 Å². The first-order chi connectivity index (χ1) is 16.3. The molecule has 0 heterocycles. The third-order valence-corrected chi connectivity index (χ3v) is 7.45. The lowest BCUT2D eigenvalue weighted by atomic mass is 10.1. The molecule has 0 atom stereocenters. The fraction of sp³-hybridized carbons (Fsp3) is 0.296. The van der Waals surface area contributed by atoms with E-state index in [2.05, 4.69) is 5.32 Å². The summed E-state index contributed by atoms with van der Waals surface area (Å²) < 4.78 is 33.8. The van der Waals surface area contributed by atoms with Crippen LogP contribution in [0.25, 0.3) is 0 Å². The lowest BCUT2D eigenvalue weighted by molar-refractivity contribution is -0.119. The Kier molecular flexibility index (Phi) is 8.71. The summed E-state index contributed by atoms with van der Waals surface area (Å²) in [6.45, 7) is 6.47. The second-order valence-electron chi connectivity index (χ2n) is 8.04. The third-order valence-electron chi connectivity index (χ3n) is 5.68. The van der Waals surface area contributed by atoms with Gasteiger partial charge in [0.25, 0.3) is 10.0 Å². The maximum Gasteiger partial charge on any atom is 0.264 e. The summed E-state index contributed by atoms with van der Waals surface area (Å²) in [6, 6.07) is 21.5. The molecule has 0 unspecified atom stereocenters. The molecule has 0 aliphatic rings. The number of aryl methyl sites for hydroxylation is 2. The summed E-state index contributed by atoms with van der Waals surface area (Å²) in [7, 11) is -3.92. The normalized spacial score (nSPS) is 11.1. The van der Waals surface area contributed by atoms with E-state index in [1.165, 1.54) is 4.31 Å². The highest BCUT2D eigenvalue weighted by molar-refractivity contribution is 7.92. The number of sulfonamides is 1. The highest BCUT2D eigenvalue weighted by Gasteiger charge is 2.28. The van der Waals surface area contributed by atoms with Crippen LogP contribution in [-0.2, 0) is 21.2 Å². The zero-order valence-electron chi connectivity index (χ0n) is 20.0. The van der Waals surface area contributed by atoms with Crippen molar-refractivity contribution in [2.24, 2.45) is 0 Å². The molecule has 1 amide bonds. The van der Waals surface area contributed by atoms with Gasteiger partial charge in [-0.2, -0.15) is 0 Å².